The van der Waals surface area contributed by atoms with Gasteiger partial charge in [0.2, 0.25) is 0 Å². The van der Waals surface area contributed by atoms with E-state index in [0.717, 1.165) is 13.0 Å². The van der Waals surface area contributed by atoms with E-state index in [2.05, 4.69) is 24.1 Å². The topological polar surface area (TPSA) is 45.2 Å². The molecule has 1 unspecified atom stereocenters. The van der Waals surface area contributed by atoms with E-state index >= 15 is 0 Å². The average molecular weight is 296 g/mol. The molecule has 0 aromatic carbocycles. The van der Waals surface area contributed by atoms with Gasteiger partial charge in [-0.3, -0.25) is 4.79 Å². The summed E-state index contributed by atoms with van der Waals surface area (Å²) in [5, 5.41) is 3.59. The van der Waals surface area contributed by atoms with Crippen LogP contribution >= 0.6 is 11.6 Å². The summed E-state index contributed by atoms with van der Waals surface area (Å²) in [5.41, 5.74) is 0.523. The molecule has 4 nitrogen and oxygen atoms in total. The van der Waals surface area contributed by atoms with Crippen molar-refractivity contribution in [1.82, 2.24) is 9.88 Å². The lowest BCUT2D eigenvalue weighted by molar-refractivity contribution is 0.0727. The largest absolute Gasteiger partial charge is 0.370 e. The molecule has 5 heteroatoms. The van der Waals surface area contributed by atoms with E-state index in [-0.39, 0.29) is 11.9 Å². The molecule has 1 N–H and O–H groups in total. The Hall–Kier alpha value is -1.29. The van der Waals surface area contributed by atoms with Gasteiger partial charge in [-0.1, -0.05) is 18.5 Å². The van der Waals surface area contributed by atoms with Gasteiger partial charge in [0.15, 0.2) is 0 Å². The van der Waals surface area contributed by atoms with Gasteiger partial charge in [-0.05, 0) is 38.2 Å². The molecule has 20 heavy (non-hydrogen) atoms. The molecule has 0 aliphatic heterocycles. The summed E-state index contributed by atoms with van der Waals surface area (Å²) in [6, 6.07) is 2.01. The second kappa shape index (κ2) is 6.44. The lowest BCUT2D eigenvalue weighted by Crippen LogP contribution is -2.36. The Balaban J connectivity index is 2.14. The Morgan fingerprint density at radius 3 is 2.90 bits per heavy atom. The Labute approximate surface area is 125 Å². The zero-order chi connectivity index (χ0) is 14.7. The van der Waals surface area contributed by atoms with E-state index < -0.39 is 0 Å². The summed E-state index contributed by atoms with van der Waals surface area (Å²) >= 11 is 6.13. The van der Waals surface area contributed by atoms with Crippen molar-refractivity contribution in [2.24, 2.45) is 5.92 Å². The van der Waals surface area contributed by atoms with Crippen LogP contribution in [0.2, 0.25) is 5.02 Å². The van der Waals surface area contributed by atoms with E-state index in [9.17, 15) is 4.79 Å². The fraction of sp³-hybridized carbons (Fsp3) is 0.600. The number of halogens is 1. The lowest BCUT2D eigenvalue weighted by atomic mass is 10.1. The number of amides is 1. The zero-order valence-corrected chi connectivity index (χ0v) is 13.1. The van der Waals surface area contributed by atoms with Crippen molar-refractivity contribution in [3.8, 4) is 0 Å². The minimum Gasteiger partial charge on any atom is -0.370 e. The molecule has 0 radical (unpaired) electrons. The fourth-order valence-electron chi connectivity index (χ4n) is 2.22. The number of rotatable bonds is 6. The molecule has 1 amide bonds. The van der Waals surface area contributed by atoms with Gasteiger partial charge in [-0.25, -0.2) is 4.98 Å². The number of carbonyl (C=O) groups is 1. The Bertz CT molecular complexity index is 488. The molecule has 1 fully saturated rings. The predicted octanol–water partition coefficient (Wildman–Crippen LogP) is 3.43. The van der Waals surface area contributed by atoms with Crippen LogP contribution in [0, 0.1) is 5.92 Å². The minimum atomic E-state index is -0.0312. The highest BCUT2D eigenvalue weighted by Crippen LogP contribution is 2.35. The third-order valence-corrected chi connectivity index (χ3v) is 4.18. The molecule has 1 aliphatic carbocycles. The van der Waals surface area contributed by atoms with Crippen LogP contribution in [0.25, 0.3) is 0 Å². The van der Waals surface area contributed by atoms with E-state index in [1.165, 1.54) is 12.8 Å². The smallest absolute Gasteiger partial charge is 0.255 e. The van der Waals surface area contributed by atoms with E-state index in [0.29, 0.717) is 22.3 Å². The van der Waals surface area contributed by atoms with Crippen LogP contribution in [0.3, 0.4) is 0 Å². The van der Waals surface area contributed by atoms with Crippen LogP contribution < -0.4 is 5.32 Å². The molecule has 1 atom stereocenters. The molecule has 1 aromatic rings. The molecule has 1 saturated carbocycles. The summed E-state index contributed by atoms with van der Waals surface area (Å²) in [6.07, 6.45) is 4.98. The molecule has 0 saturated heterocycles. The molecule has 2 rings (SSSR count). The highest BCUT2D eigenvalue weighted by molar-refractivity contribution is 6.33. The monoisotopic (exact) mass is 295 g/mol. The van der Waals surface area contributed by atoms with Crippen LogP contribution in [-0.2, 0) is 0 Å². The molecule has 1 aliphatic rings. The van der Waals surface area contributed by atoms with Gasteiger partial charge >= 0.3 is 0 Å². The highest BCUT2D eigenvalue weighted by Gasteiger charge is 2.33. The fourth-order valence-corrected chi connectivity index (χ4v) is 2.41. The van der Waals surface area contributed by atoms with Crippen molar-refractivity contribution in [3.63, 3.8) is 0 Å². The van der Waals surface area contributed by atoms with Crippen molar-refractivity contribution >= 4 is 23.3 Å². The summed E-state index contributed by atoms with van der Waals surface area (Å²) < 4.78 is 0. The number of nitrogens with one attached hydrogen (secondary N) is 1. The second-order valence-electron chi connectivity index (χ2n) is 5.47. The van der Waals surface area contributed by atoms with Crippen molar-refractivity contribution in [3.05, 3.63) is 22.8 Å². The number of hydrogen-bond acceptors (Lipinski definition) is 3. The first-order valence-electron chi connectivity index (χ1n) is 7.21. The number of aromatic nitrogens is 1. The third kappa shape index (κ3) is 3.42. The Morgan fingerprint density at radius 1 is 1.60 bits per heavy atom. The molecular weight excluding hydrogens is 274 g/mol. The number of anilines is 1. The Kier molecular flexibility index (Phi) is 4.86. The SMILES string of the molecule is CCCNc1cc(C(=O)N(C)C(C)C2CC2)c(Cl)cn1. The first kappa shape index (κ1) is 15.1. The van der Waals surface area contributed by atoms with Crippen molar-refractivity contribution < 1.29 is 4.79 Å². The number of carbonyl (C=O) groups excluding carboxylic acids is 1. The van der Waals surface area contributed by atoms with Crippen LogP contribution in [0.1, 0.15) is 43.5 Å². The maximum atomic E-state index is 12.6. The van der Waals surface area contributed by atoms with Gasteiger partial charge in [-0.2, -0.15) is 0 Å². The molecule has 0 bridgehead atoms. The van der Waals surface area contributed by atoms with Gasteiger partial charge in [0.1, 0.15) is 5.82 Å². The van der Waals surface area contributed by atoms with Crippen molar-refractivity contribution in [2.45, 2.75) is 39.2 Å². The standard InChI is InChI=1S/C15H22ClN3O/c1-4-7-17-14-8-12(13(16)9-18-14)15(20)19(3)10(2)11-5-6-11/h8-11H,4-7H2,1-3H3,(H,17,18). The maximum Gasteiger partial charge on any atom is 0.255 e. The van der Waals surface area contributed by atoms with E-state index in [1.807, 2.05) is 7.05 Å². The van der Waals surface area contributed by atoms with Crippen molar-refractivity contribution in [2.75, 3.05) is 18.9 Å². The van der Waals surface area contributed by atoms with E-state index in [1.54, 1.807) is 17.2 Å². The van der Waals surface area contributed by atoms with Crippen molar-refractivity contribution in [1.29, 1.82) is 0 Å². The summed E-state index contributed by atoms with van der Waals surface area (Å²) in [6.45, 7) is 5.01. The summed E-state index contributed by atoms with van der Waals surface area (Å²) in [5.74, 6) is 1.31. The summed E-state index contributed by atoms with van der Waals surface area (Å²) in [7, 11) is 1.85. The molecule has 110 valence electrons. The second-order valence-corrected chi connectivity index (χ2v) is 5.88. The van der Waals surface area contributed by atoms with E-state index in [4.69, 9.17) is 11.6 Å². The third-order valence-electron chi connectivity index (χ3n) is 3.88. The zero-order valence-electron chi connectivity index (χ0n) is 12.3. The number of nitrogens with zero attached hydrogens (tertiary/aromatic N) is 2. The number of hydrogen-bond donors (Lipinski definition) is 1. The van der Waals surface area contributed by atoms with Crippen LogP contribution in [0.5, 0.6) is 0 Å². The normalized spacial score (nSPS) is 15.8. The first-order chi connectivity index (χ1) is 9.54. The van der Waals surface area contributed by atoms with Crippen LogP contribution in [0.4, 0.5) is 5.82 Å². The average Bonchev–Trinajstić information content (AvgIpc) is 3.28. The van der Waals surface area contributed by atoms with Gasteiger partial charge < -0.3 is 10.2 Å². The van der Waals surface area contributed by atoms with Gasteiger partial charge in [0.25, 0.3) is 5.91 Å². The maximum absolute atomic E-state index is 12.6. The highest BCUT2D eigenvalue weighted by atomic mass is 35.5. The lowest BCUT2D eigenvalue weighted by Gasteiger charge is -2.25. The van der Waals surface area contributed by atoms with Crippen LogP contribution in [0.15, 0.2) is 12.3 Å². The minimum absolute atomic E-state index is 0.0312. The molecular formula is C15H22ClN3O. The predicted molar refractivity (Wildman–Crippen MR) is 82.3 cm³/mol. The number of pyridine rings is 1. The van der Waals surface area contributed by atoms with Gasteiger partial charge in [-0.15, -0.1) is 0 Å². The van der Waals surface area contributed by atoms with Gasteiger partial charge in [0.05, 0.1) is 10.6 Å². The summed E-state index contributed by atoms with van der Waals surface area (Å²) in [4.78, 5) is 18.5. The molecule has 1 heterocycles. The molecule has 0 spiro atoms. The van der Waals surface area contributed by atoms with Gasteiger partial charge in [0, 0.05) is 25.8 Å². The quantitative estimate of drug-likeness (QED) is 0.874. The first-order valence-corrected chi connectivity index (χ1v) is 7.59. The van der Waals surface area contributed by atoms with Crippen LogP contribution in [-0.4, -0.2) is 35.4 Å². The molecule has 1 aromatic heterocycles. The Morgan fingerprint density at radius 2 is 2.30 bits per heavy atom.